The minimum Gasteiger partial charge on any atom is -0.744 e. The predicted molar refractivity (Wildman–Crippen MR) is 162 cm³/mol. The Kier molecular flexibility index (Phi) is 8.87. The molecule has 5 rings (SSSR count). The lowest BCUT2D eigenvalue weighted by atomic mass is 9.94. The van der Waals surface area contributed by atoms with Crippen molar-refractivity contribution in [2.45, 2.75) is 32.2 Å². The maximum Gasteiger partial charge on any atom is 0.213 e. The van der Waals surface area contributed by atoms with Crippen LogP contribution in [0.4, 0.5) is 5.69 Å². The first-order chi connectivity index (χ1) is 19.2. The van der Waals surface area contributed by atoms with E-state index in [2.05, 4.69) is 90.6 Å². The van der Waals surface area contributed by atoms with Crippen LogP contribution in [-0.4, -0.2) is 31.2 Å². The van der Waals surface area contributed by atoms with Gasteiger partial charge in [0.1, 0.15) is 15.9 Å². The highest BCUT2D eigenvalue weighted by Gasteiger charge is 2.22. The van der Waals surface area contributed by atoms with E-state index in [1.54, 1.807) is 12.1 Å². The summed E-state index contributed by atoms with van der Waals surface area (Å²) in [6.07, 6.45) is 1.93. The molecule has 0 aliphatic heterocycles. The minimum absolute atomic E-state index is 0.178. The van der Waals surface area contributed by atoms with Crippen molar-refractivity contribution >= 4 is 37.6 Å². The Hall–Kier alpha value is -4.20. The van der Waals surface area contributed by atoms with Gasteiger partial charge in [-0.05, 0) is 63.2 Å². The number of phenolic OH excluding ortho intramolecular Hbond substituents is 1. The van der Waals surface area contributed by atoms with Gasteiger partial charge >= 0.3 is 0 Å². The second kappa shape index (κ2) is 12.3. The van der Waals surface area contributed by atoms with Gasteiger partial charge in [0.05, 0.1) is 15.7 Å². The van der Waals surface area contributed by atoms with Gasteiger partial charge in [-0.25, -0.2) is 8.42 Å². The Morgan fingerprint density at radius 2 is 1.43 bits per heavy atom. The van der Waals surface area contributed by atoms with E-state index in [-0.39, 0.29) is 4.90 Å². The summed E-state index contributed by atoms with van der Waals surface area (Å²) in [4.78, 5) is 2.06. The molecule has 0 amide bonds. The highest BCUT2D eigenvalue weighted by molar-refractivity contribution is 7.85. The Morgan fingerprint density at radius 3 is 1.90 bits per heavy atom. The summed E-state index contributed by atoms with van der Waals surface area (Å²) in [6, 6.07) is 28.6. The minimum atomic E-state index is -4.27. The molecule has 0 aliphatic rings. The first-order valence-electron chi connectivity index (χ1n) is 13.2. The second-order valence-corrected chi connectivity index (χ2v) is 10.8. The number of aromatic hydroxyl groups is 1. The molecule has 0 spiro atoms. The quantitative estimate of drug-likeness (QED) is 0.106. The van der Waals surface area contributed by atoms with Crippen LogP contribution in [0.5, 0.6) is 5.75 Å². The summed E-state index contributed by atoms with van der Waals surface area (Å²) in [5.74, 6) is 0.311. The third kappa shape index (κ3) is 6.01. The third-order valence-corrected chi connectivity index (χ3v) is 7.78. The summed E-state index contributed by atoms with van der Waals surface area (Å²) in [7, 11) is -4.27. The number of hydrogen-bond donors (Lipinski definition) is 1. The van der Waals surface area contributed by atoms with Gasteiger partial charge in [-0.15, -0.1) is 0 Å². The van der Waals surface area contributed by atoms with E-state index in [9.17, 15) is 18.1 Å². The van der Waals surface area contributed by atoms with Crippen LogP contribution in [0, 0.1) is 6.92 Å². The van der Waals surface area contributed by atoms with E-state index in [1.807, 2.05) is 19.1 Å². The number of allylic oxidation sites excluding steroid dienone is 1. The van der Waals surface area contributed by atoms with Gasteiger partial charge in [0.15, 0.2) is 6.54 Å². The van der Waals surface area contributed by atoms with Crippen LogP contribution in [0.15, 0.2) is 109 Å². The third-order valence-electron chi connectivity index (χ3n) is 6.93. The van der Waals surface area contributed by atoms with Crippen molar-refractivity contribution in [3.63, 3.8) is 0 Å². The van der Waals surface area contributed by atoms with Crippen LogP contribution in [0.2, 0.25) is 0 Å². The molecule has 0 fully saturated rings. The van der Waals surface area contributed by atoms with E-state index >= 15 is 0 Å². The smallest absolute Gasteiger partial charge is 0.213 e. The van der Waals surface area contributed by atoms with Crippen LogP contribution in [-0.2, 0) is 16.7 Å². The number of benzene rings is 4. The molecule has 6 nitrogen and oxygen atoms in total. The maximum atomic E-state index is 11.0. The molecule has 7 heteroatoms. The zero-order valence-corrected chi connectivity index (χ0v) is 23.9. The molecule has 0 aliphatic carbocycles. The van der Waals surface area contributed by atoms with E-state index < -0.39 is 10.1 Å². The van der Waals surface area contributed by atoms with Crippen LogP contribution in [0.1, 0.15) is 19.4 Å². The SMILES string of the molecule is C=CC[n+]1c2ccccc2c(-c2ccc(N(CC)CC)cc2O)c2ccccc21.Cc1ccc(S(=O)(=O)[O-])cc1. The Bertz CT molecular complexity index is 1700. The monoisotopic (exact) mass is 554 g/mol. The van der Waals surface area contributed by atoms with Crippen molar-refractivity contribution in [2.24, 2.45) is 0 Å². The number of fused-ring (bicyclic) bond motifs is 2. The Balaban J connectivity index is 0.000000283. The number of phenols is 1. The molecular formula is C33H34N2O4S. The Morgan fingerprint density at radius 1 is 0.875 bits per heavy atom. The van der Waals surface area contributed by atoms with Crippen LogP contribution in [0.3, 0.4) is 0 Å². The number of anilines is 1. The summed E-state index contributed by atoms with van der Waals surface area (Å²) in [6.45, 7) is 12.6. The zero-order valence-electron chi connectivity index (χ0n) is 23.0. The molecule has 5 aromatic rings. The van der Waals surface area contributed by atoms with Gasteiger partial charge in [-0.3, -0.25) is 0 Å². The van der Waals surface area contributed by atoms with E-state index in [0.717, 1.165) is 63.8 Å². The average molecular weight is 555 g/mol. The number of aryl methyl sites for hydroxylation is 1. The maximum absolute atomic E-state index is 11.0. The molecule has 0 radical (unpaired) electrons. The number of hydrogen-bond acceptors (Lipinski definition) is 5. The molecule has 0 atom stereocenters. The fourth-order valence-electron chi connectivity index (χ4n) is 4.95. The molecule has 206 valence electrons. The first kappa shape index (κ1) is 28.8. The van der Waals surface area contributed by atoms with Crippen LogP contribution in [0.25, 0.3) is 32.9 Å². The second-order valence-electron chi connectivity index (χ2n) is 9.45. The number of nitrogens with zero attached hydrogens (tertiary/aromatic N) is 2. The van der Waals surface area contributed by atoms with Crippen molar-refractivity contribution < 1.29 is 22.6 Å². The lowest BCUT2D eigenvalue weighted by Gasteiger charge is -2.22. The number of para-hydroxylation sites is 2. The van der Waals surface area contributed by atoms with Crippen molar-refractivity contribution in [2.75, 3.05) is 18.0 Å². The van der Waals surface area contributed by atoms with E-state index in [0.29, 0.717) is 5.75 Å². The topological polar surface area (TPSA) is 84.5 Å². The molecular weight excluding hydrogens is 520 g/mol. The van der Waals surface area contributed by atoms with Crippen molar-refractivity contribution in [1.82, 2.24) is 0 Å². The van der Waals surface area contributed by atoms with Crippen LogP contribution < -0.4 is 9.47 Å². The van der Waals surface area contributed by atoms with Crippen molar-refractivity contribution in [3.05, 3.63) is 109 Å². The summed E-state index contributed by atoms with van der Waals surface area (Å²) in [5, 5.41) is 13.3. The van der Waals surface area contributed by atoms with Crippen molar-refractivity contribution in [1.29, 1.82) is 0 Å². The molecule has 0 bridgehead atoms. The molecule has 0 unspecified atom stereocenters. The normalized spacial score (nSPS) is 11.2. The van der Waals surface area contributed by atoms with Gasteiger partial charge in [0.2, 0.25) is 11.0 Å². The molecule has 0 saturated heterocycles. The van der Waals surface area contributed by atoms with Crippen LogP contribution >= 0.6 is 0 Å². The van der Waals surface area contributed by atoms with Crippen molar-refractivity contribution in [3.8, 4) is 16.9 Å². The molecule has 4 aromatic carbocycles. The van der Waals surface area contributed by atoms with Gasteiger partial charge in [-0.2, -0.15) is 4.57 Å². The lowest BCUT2D eigenvalue weighted by Crippen LogP contribution is -2.34. The Labute approximate surface area is 236 Å². The molecule has 1 aromatic heterocycles. The molecule has 1 heterocycles. The van der Waals surface area contributed by atoms with Gasteiger partial charge in [-0.1, -0.05) is 48.5 Å². The highest BCUT2D eigenvalue weighted by atomic mass is 32.2. The van der Waals surface area contributed by atoms with Gasteiger partial charge < -0.3 is 14.6 Å². The summed E-state index contributed by atoms with van der Waals surface area (Å²) < 4.78 is 33.4. The molecule has 1 N–H and O–H groups in total. The molecule has 40 heavy (non-hydrogen) atoms. The van der Waals surface area contributed by atoms with Gasteiger partial charge in [0, 0.05) is 48.1 Å². The highest BCUT2D eigenvalue weighted by Crippen LogP contribution is 2.40. The average Bonchev–Trinajstić information content (AvgIpc) is 2.94. The summed E-state index contributed by atoms with van der Waals surface area (Å²) >= 11 is 0. The van der Waals surface area contributed by atoms with Gasteiger partial charge in [0.25, 0.3) is 0 Å². The van der Waals surface area contributed by atoms with E-state index in [4.69, 9.17) is 0 Å². The first-order valence-corrected chi connectivity index (χ1v) is 14.7. The number of rotatable bonds is 7. The standard InChI is InChI=1S/C26H26N2O.C7H8O3S/c1-4-17-28-23-13-9-7-11-20(23)26(21-12-8-10-14-24(21)28)22-16-15-19(18-25(22)29)27(5-2)6-3;1-6-2-4-7(5-3-6)11(8,9)10/h4,7-16,18H,1,5-6,17H2,2-3H3;2-5H,1H3,(H,8,9,10). The largest absolute Gasteiger partial charge is 0.744 e. The van der Waals surface area contributed by atoms with E-state index in [1.165, 1.54) is 12.1 Å². The summed E-state index contributed by atoms with van der Waals surface area (Å²) in [5.41, 5.74) is 6.17. The predicted octanol–water partition coefficient (Wildman–Crippen LogP) is 6.58. The fourth-order valence-corrected chi connectivity index (χ4v) is 5.42. The zero-order chi connectivity index (χ0) is 28.9. The fraction of sp³-hybridized carbons (Fsp3) is 0.182. The lowest BCUT2D eigenvalue weighted by molar-refractivity contribution is -0.634. The molecule has 0 saturated carbocycles. The number of aromatic nitrogens is 1. The number of pyridine rings is 1.